The molecule has 0 aliphatic carbocycles. The van der Waals surface area contributed by atoms with Crippen LogP contribution >= 0.6 is 11.6 Å². The molecule has 2 amide bonds. The molecule has 0 aromatic rings. The number of amides is 2. The van der Waals surface area contributed by atoms with E-state index >= 15 is 0 Å². The summed E-state index contributed by atoms with van der Waals surface area (Å²) < 4.78 is 0. The Kier molecular flexibility index (Phi) is 3.36. The van der Waals surface area contributed by atoms with Crippen LogP contribution in [0.4, 0.5) is 0 Å². The summed E-state index contributed by atoms with van der Waals surface area (Å²) in [6.45, 7) is 0.178. The molecule has 1 unspecified atom stereocenters. The maximum Gasteiger partial charge on any atom is 0.302 e. The first kappa shape index (κ1) is 10.1. The van der Waals surface area contributed by atoms with Crippen molar-refractivity contribution in [3.8, 4) is 0 Å². The molecule has 0 bridgehead atoms. The van der Waals surface area contributed by atoms with Crippen molar-refractivity contribution in [2.24, 2.45) is 0 Å². The quantitative estimate of drug-likeness (QED) is 0.455. The van der Waals surface area contributed by atoms with Crippen LogP contribution in [-0.2, 0) is 9.59 Å². The number of nitrogens with zero attached hydrogens (tertiary/aromatic N) is 1. The van der Waals surface area contributed by atoms with Crippen molar-refractivity contribution in [1.29, 1.82) is 0 Å². The average Bonchev–Trinajstić information content (AvgIpc) is 2.12. The van der Waals surface area contributed by atoms with Gasteiger partial charge in [-0.15, -0.1) is 11.6 Å². The molecule has 6 heteroatoms. The Hall–Kier alpha value is -0.970. The van der Waals surface area contributed by atoms with E-state index in [9.17, 15) is 14.5 Å². The summed E-state index contributed by atoms with van der Waals surface area (Å²) in [6, 6.07) is -0.777. The molecule has 1 rings (SSSR count). The fourth-order valence-corrected chi connectivity index (χ4v) is 1.44. The van der Waals surface area contributed by atoms with Crippen LogP contribution in [0, 0.1) is 4.91 Å². The van der Waals surface area contributed by atoms with Gasteiger partial charge in [-0.25, -0.2) is 0 Å². The zero-order valence-corrected chi connectivity index (χ0v) is 7.71. The van der Waals surface area contributed by atoms with Gasteiger partial charge in [-0.1, -0.05) is 0 Å². The van der Waals surface area contributed by atoms with E-state index in [4.69, 9.17) is 11.6 Å². The second-order valence-corrected chi connectivity index (χ2v) is 3.16. The standard InChI is InChI=1S/C7H9ClN2O3/c8-3-4-10-6(11)2-1-5(9-13)7(10)12/h5H,1-4H2/p+1. The maximum absolute atomic E-state index is 11.3. The molecule has 72 valence electrons. The van der Waals surface area contributed by atoms with Gasteiger partial charge in [-0.05, 0) is 5.18 Å². The molecule has 0 radical (unpaired) electrons. The van der Waals surface area contributed by atoms with Crippen LogP contribution in [0.3, 0.4) is 0 Å². The molecule has 5 nitrogen and oxygen atoms in total. The summed E-state index contributed by atoms with van der Waals surface area (Å²) in [5.41, 5.74) is 0. The van der Waals surface area contributed by atoms with Crippen LogP contribution < -0.4 is 5.18 Å². The molecule has 1 aliphatic heterocycles. The monoisotopic (exact) mass is 205 g/mol. The Labute approximate surface area is 80.0 Å². The van der Waals surface area contributed by atoms with Crippen LogP contribution in [0.15, 0.2) is 0 Å². The van der Waals surface area contributed by atoms with E-state index in [-0.39, 0.29) is 31.2 Å². The maximum atomic E-state index is 11.3. The average molecular weight is 206 g/mol. The first-order chi connectivity index (χ1) is 6.20. The summed E-state index contributed by atoms with van der Waals surface area (Å²) in [5.74, 6) is -0.521. The van der Waals surface area contributed by atoms with Gasteiger partial charge in [-0.2, -0.15) is 0 Å². The van der Waals surface area contributed by atoms with Crippen LogP contribution in [0.25, 0.3) is 0 Å². The summed E-state index contributed by atoms with van der Waals surface area (Å²) in [5, 5.41) is 1.63. The van der Waals surface area contributed by atoms with E-state index in [1.165, 1.54) is 0 Å². The Balaban J connectivity index is 2.71. The number of likely N-dealkylation sites (tertiary alicyclic amines) is 1. The Morgan fingerprint density at radius 3 is 2.77 bits per heavy atom. The van der Waals surface area contributed by atoms with Gasteiger partial charge in [0.2, 0.25) is 5.91 Å². The molecular weight excluding hydrogens is 196 g/mol. The van der Waals surface area contributed by atoms with Gasteiger partial charge in [0.15, 0.2) is 0 Å². The largest absolute Gasteiger partial charge is 0.302 e. The van der Waals surface area contributed by atoms with Gasteiger partial charge in [-0.3, -0.25) is 14.5 Å². The topological polar surface area (TPSA) is 68.4 Å². The van der Waals surface area contributed by atoms with Crippen LogP contribution in [0.1, 0.15) is 12.8 Å². The lowest BCUT2D eigenvalue weighted by molar-refractivity contribution is -0.512. The van der Waals surface area contributed by atoms with Gasteiger partial charge < -0.3 is 0 Å². The lowest BCUT2D eigenvalue weighted by Crippen LogP contribution is -2.79. The fraction of sp³-hybridized carbons (Fsp3) is 0.714. The zero-order valence-electron chi connectivity index (χ0n) is 6.96. The predicted octanol–water partition coefficient (Wildman–Crippen LogP) is -1.41. The first-order valence-electron chi connectivity index (χ1n) is 3.98. The smallest absolute Gasteiger partial charge is 0.275 e. The molecule has 0 aromatic heterocycles. The number of carbonyl (C=O) groups is 2. The molecule has 1 heterocycles. The minimum absolute atomic E-state index is 0.178. The van der Waals surface area contributed by atoms with Gasteiger partial charge >= 0.3 is 5.91 Å². The van der Waals surface area contributed by atoms with E-state index in [2.05, 4.69) is 0 Å². The van der Waals surface area contributed by atoms with E-state index < -0.39 is 11.9 Å². The highest BCUT2D eigenvalue weighted by Gasteiger charge is 2.38. The molecule has 1 N–H and O–H groups in total. The van der Waals surface area contributed by atoms with Crippen molar-refractivity contribution in [3.63, 3.8) is 0 Å². The van der Waals surface area contributed by atoms with E-state index in [1.807, 2.05) is 0 Å². The number of nitroso groups, excluding NO2 is 1. The third-order valence-electron chi connectivity index (χ3n) is 1.96. The van der Waals surface area contributed by atoms with Crippen molar-refractivity contribution in [2.75, 3.05) is 12.4 Å². The lowest BCUT2D eigenvalue weighted by atomic mass is 10.1. The minimum atomic E-state index is -0.777. The van der Waals surface area contributed by atoms with Gasteiger partial charge in [0, 0.05) is 30.2 Å². The number of alkyl halides is 1. The number of halogens is 1. The van der Waals surface area contributed by atoms with Gasteiger partial charge in [0.1, 0.15) is 0 Å². The van der Waals surface area contributed by atoms with Crippen LogP contribution in [-0.4, -0.2) is 35.2 Å². The Morgan fingerprint density at radius 2 is 2.23 bits per heavy atom. The van der Waals surface area contributed by atoms with Gasteiger partial charge in [0.25, 0.3) is 6.04 Å². The highest BCUT2D eigenvalue weighted by atomic mass is 35.5. The van der Waals surface area contributed by atoms with Crippen molar-refractivity contribution in [2.45, 2.75) is 18.9 Å². The van der Waals surface area contributed by atoms with Crippen LogP contribution in [0.5, 0.6) is 0 Å². The minimum Gasteiger partial charge on any atom is -0.275 e. The number of piperidine rings is 1. The molecule has 13 heavy (non-hydrogen) atoms. The molecular formula is C7H10ClN2O3+. The molecule has 1 fully saturated rings. The normalized spacial score (nSPS) is 23.5. The van der Waals surface area contributed by atoms with Gasteiger partial charge in [0.05, 0.1) is 0 Å². The SMILES string of the molecule is O=[NH+]C1CCC(=O)N(CCCl)C1=O. The number of rotatable bonds is 3. The number of carbonyl (C=O) groups excluding carboxylic acids is 2. The Bertz CT molecular complexity index is 244. The highest BCUT2D eigenvalue weighted by molar-refractivity contribution is 6.18. The number of imide groups is 1. The molecule has 0 spiro atoms. The van der Waals surface area contributed by atoms with E-state index in [0.717, 1.165) is 4.90 Å². The third-order valence-corrected chi connectivity index (χ3v) is 2.13. The number of hydrogen-bond acceptors (Lipinski definition) is 3. The lowest BCUT2D eigenvalue weighted by Gasteiger charge is -2.23. The van der Waals surface area contributed by atoms with Crippen molar-refractivity contribution in [3.05, 3.63) is 4.91 Å². The first-order valence-corrected chi connectivity index (χ1v) is 4.52. The molecule has 1 aliphatic rings. The second-order valence-electron chi connectivity index (χ2n) is 2.78. The fourth-order valence-electron chi connectivity index (χ4n) is 1.27. The second kappa shape index (κ2) is 4.32. The molecule has 0 saturated carbocycles. The van der Waals surface area contributed by atoms with Crippen molar-refractivity contribution in [1.82, 2.24) is 4.90 Å². The number of hydrogen-bond donors (Lipinski definition) is 1. The summed E-state index contributed by atoms with van der Waals surface area (Å²) in [4.78, 5) is 33.9. The zero-order chi connectivity index (χ0) is 9.84. The summed E-state index contributed by atoms with van der Waals surface area (Å²) >= 11 is 5.41. The Morgan fingerprint density at radius 1 is 1.54 bits per heavy atom. The van der Waals surface area contributed by atoms with Crippen LogP contribution in [0.2, 0.25) is 0 Å². The number of nitrogens with one attached hydrogen (secondary N) is 1. The van der Waals surface area contributed by atoms with E-state index in [0.29, 0.717) is 0 Å². The predicted molar refractivity (Wildman–Crippen MR) is 44.8 cm³/mol. The summed E-state index contributed by atoms with van der Waals surface area (Å²) in [7, 11) is 0. The highest BCUT2D eigenvalue weighted by Crippen LogP contribution is 2.10. The van der Waals surface area contributed by atoms with Crippen molar-refractivity contribution < 1.29 is 14.8 Å². The van der Waals surface area contributed by atoms with Crippen molar-refractivity contribution >= 4 is 23.4 Å². The molecule has 0 aromatic carbocycles. The molecule has 1 saturated heterocycles. The summed E-state index contributed by atoms with van der Waals surface area (Å²) in [6.07, 6.45) is 0.502. The third kappa shape index (κ3) is 2.03. The van der Waals surface area contributed by atoms with E-state index in [1.54, 1.807) is 5.18 Å². The molecule has 1 atom stereocenters.